The second-order valence-electron chi connectivity index (χ2n) is 3.94. The number of benzene rings is 1. The first-order valence-corrected chi connectivity index (χ1v) is 5.80. The van der Waals surface area contributed by atoms with Crippen molar-refractivity contribution in [3.05, 3.63) is 65.5 Å². The quantitative estimate of drug-likeness (QED) is 0.899. The summed E-state index contributed by atoms with van der Waals surface area (Å²) in [6.07, 6.45) is 3.34. The van der Waals surface area contributed by atoms with Crippen LogP contribution in [0.2, 0.25) is 0 Å². The summed E-state index contributed by atoms with van der Waals surface area (Å²) in [5, 5.41) is 3.17. The van der Waals surface area contributed by atoms with E-state index in [2.05, 4.69) is 10.3 Å². The highest BCUT2D eigenvalue weighted by Gasteiger charge is 2.17. The molecule has 0 aliphatic carbocycles. The Morgan fingerprint density at radius 2 is 2.11 bits per heavy atom. The molecule has 2 rings (SSSR count). The van der Waals surface area contributed by atoms with Crippen molar-refractivity contribution in [3.63, 3.8) is 0 Å². The Balaban J connectivity index is 2.41. The number of hydrogen-bond acceptors (Lipinski definition) is 2. The molecule has 2 aromatic rings. The lowest BCUT2D eigenvalue weighted by Crippen LogP contribution is -2.23. The molecular weight excluding hydrogens is 234 g/mol. The zero-order valence-electron chi connectivity index (χ0n) is 10.0. The average molecular weight is 248 g/mol. The second-order valence-corrected chi connectivity index (χ2v) is 3.94. The molecule has 0 saturated heterocycles. The fraction of sp³-hybridized carbons (Fsp3) is 0.214. The van der Waals surface area contributed by atoms with Gasteiger partial charge in [0, 0.05) is 24.0 Å². The Morgan fingerprint density at radius 1 is 1.28 bits per heavy atom. The predicted octanol–water partition coefficient (Wildman–Crippen LogP) is 3.06. The van der Waals surface area contributed by atoms with Crippen LogP contribution in [0.15, 0.2) is 42.7 Å². The van der Waals surface area contributed by atoms with Gasteiger partial charge in [0.25, 0.3) is 0 Å². The summed E-state index contributed by atoms with van der Waals surface area (Å²) < 4.78 is 26.7. The average Bonchev–Trinajstić information content (AvgIpc) is 2.38. The standard InChI is InChI=1S/C14H14F2N2/c1-2-18-14(10-4-3-7-17-9-10)12-6-5-11(15)8-13(12)16/h3-9,14,18H,2H2,1H3/t14-/m0/s1. The van der Waals surface area contributed by atoms with Gasteiger partial charge in [0.1, 0.15) is 11.6 Å². The summed E-state index contributed by atoms with van der Waals surface area (Å²) in [6, 6.07) is 6.97. The maximum atomic E-state index is 13.8. The third kappa shape index (κ3) is 2.71. The summed E-state index contributed by atoms with van der Waals surface area (Å²) in [5.41, 5.74) is 1.27. The smallest absolute Gasteiger partial charge is 0.131 e. The Labute approximate surface area is 105 Å². The van der Waals surface area contributed by atoms with Gasteiger partial charge >= 0.3 is 0 Å². The number of nitrogens with zero attached hydrogens (tertiary/aromatic N) is 1. The fourth-order valence-corrected chi connectivity index (χ4v) is 1.89. The van der Waals surface area contributed by atoms with Gasteiger partial charge in [-0.2, -0.15) is 0 Å². The summed E-state index contributed by atoms with van der Waals surface area (Å²) in [4.78, 5) is 4.02. The summed E-state index contributed by atoms with van der Waals surface area (Å²) in [5.74, 6) is -1.12. The van der Waals surface area contributed by atoms with Crippen molar-refractivity contribution in [2.75, 3.05) is 6.54 Å². The lowest BCUT2D eigenvalue weighted by atomic mass is 9.99. The molecule has 1 N–H and O–H groups in total. The van der Waals surface area contributed by atoms with E-state index in [1.54, 1.807) is 18.5 Å². The number of aromatic nitrogens is 1. The molecule has 0 fully saturated rings. The maximum absolute atomic E-state index is 13.8. The molecule has 1 aromatic heterocycles. The number of rotatable bonds is 4. The SMILES string of the molecule is CCN[C@@H](c1cccnc1)c1ccc(F)cc1F. The Bertz CT molecular complexity index is 514. The molecule has 4 heteroatoms. The molecule has 18 heavy (non-hydrogen) atoms. The van der Waals surface area contributed by atoms with Crippen LogP contribution in [0.1, 0.15) is 24.1 Å². The zero-order valence-corrected chi connectivity index (χ0v) is 10.0. The van der Waals surface area contributed by atoms with Gasteiger partial charge in [-0.25, -0.2) is 8.78 Å². The van der Waals surface area contributed by atoms with Crippen molar-refractivity contribution in [2.45, 2.75) is 13.0 Å². The van der Waals surface area contributed by atoms with Crippen LogP contribution >= 0.6 is 0 Å². The molecule has 1 aromatic carbocycles. The Hall–Kier alpha value is -1.81. The second kappa shape index (κ2) is 5.69. The fourth-order valence-electron chi connectivity index (χ4n) is 1.89. The molecule has 94 valence electrons. The molecule has 0 aliphatic rings. The van der Waals surface area contributed by atoms with Gasteiger partial charge in [0.05, 0.1) is 6.04 Å². The van der Waals surface area contributed by atoms with Crippen LogP contribution in [-0.4, -0.2) is 11.5 Å². The molecule has 2 nitrogen and oxygen atoms in total. The van der Waals surface area contributed by atoms with E-state index in [1.165, 1.54) is 12.1 Å². The first kappa shape index (κ1) is 12.6. The number of halogens is 2. The van der Waals surface area contributed by atoms with Gasteiger partial charge < -0.3 is 5.32 Å². The molecule has 0 spiro atoms. The highest BCUT2D eigenvalue weighted by Crippen LogP contribution is 2.24. The van der Waals surface area contributed by atoms with Crippen LogP contribution in [0, 0.1) is 11.6 Å². The molecule has 0 aliphatic heterocycles. The molecular formula is C14H14F2N2. The van der Waals surface area contributed by atoms with Crippen molar-refractivity contribution in [1.29, 1.82) is 0 Å². The molecule has 0 radical (unpaired) electrons. The highest BCUT2D eigenvalue weighted by molar-refractivity contribution is 5.31. The molecule has 0 bridgehead atoms. The minimum absolute atomic E-state index is 0.315. The van der Waals surface area contributed by atoms with Crippen LogP contribution < -0.4 is 5.32 Å². The van der Waals surface area contributed by atoms with Crippen LogP contribution in [0.25, 0.3) is 0 Å². The summed E-state index contributed by atoms with van der Waals surface area (Å²) >= 11 is 0. The lowest BCUT2D eigenvalue weighted by Gasteiger charge is -2.19. The molecule has 1 atom stereocenters. The van der Waals surface area contributed by atoms with Gasteiger partial charge in [-0.1, -0.05) is 19.1 Å². The van der Waals surface area contributed by atoms with Crippen molar-refractivity contribution in [3.8, 4) is 0 Å². The van der Waals surface area contributed by atoms with E-state index in [1.807, 2.05) is 13.0 Å². The van der Waals surface area contributed by atoms with Crippen LogP contribution in [-0.2, 0) is 0 Å². The van der Waals surface area contributed by atoms with Crippen molar-refractivity contribution < 1.29 is 8.78 Å². The monoisotopic (exact) mass is 248 g/mol. The predicted molar refractivity (Wildman–Crippen MR) is 66.1 cm³/mol. The van der Waals surface area contributed by atoms with Gasteiger partial charge in [0.2, 0.25) is 0 Å². The van der Waals surface area contributed by atoms with E-state index < -0.39 is 11.6 Å². The third-order valence-corrected chi connectivity index (χ3v) is 2.70. The van der Waals surface area contributed by atoms with Crippen LogP contribution in [0.3, 0.4) is 0 Å². The van der Waals surface area contributed by atoms with Gasteiger partial charge in [-0.05, 0) is 24.2 Å². The van der Waals surface area contributed by atoms with Gasteiger partial charge in [-0.15, -0.1) is 0 Å². The Kier molecular flexibility index (Phi) is 3.99. The number of nitrogens with one attached hydrogen (secondary N) is 1. The normalized spacial score (nSPS) is 12.4. The first-order chi connectivity index (χ1) is 8.72. The van der Waals surface area contributed by atoms with E-state index in [-0.39, 0.29) is 6.04 Å². The number of hydrogen-bond donors (Lipinski definition) is 1. The van der Waals surface area contributed by atoms with E-state index in [0.717, 1.165) is 11.6 Å². The van der Waals surface area contributed by atoms with Crippen molar-refractivity contribution in [1.82, 2.24) is 10.3 Å². The summed E-state index contributed by atoms with van der Waals surface area (Å²) in [6.45, 7) is 2.61. The van der Waals surface area contributed by atoms with Crippen LogP contribution in [0.5, 0.6) is 0 Å². The first-order valence-electron chi connectivity index (χ1n) is 5.80. The topological polar surface area (TPSA) is 24.9 Å². The number of pyridine rings is 1. The highest BCUT2D eigenvalue weighted by atomic mass is 19.1. The molecule has 1 heterocycles. The van der Waals surface area contributed by atoms with Gasteiger partial charge in [0.15, 0.2) is 0 Å². The third-order valence-electron chi connectivity index (χ3n) is 2.70. The zero-order chi connectivity index (χ0) is 13.0. The summed E-state index contributed by atoms with van der Waals surface area (Å²) in [7, 11) is 0. The van der Waals surface area contributed by atoms with E-state index in [0.29, 0.717) is 12.1 Å². The van der Waals surface area contributed by atoms with E-state index >= 15 is 0 Å². The molecule has 0 unspecified atom stereocenters. The molecule has 0 amide bonds. The van der Waals surface area contributed by atoms with Crippen molar-refractivity contribution >= 4 is 0 Å². The molecule has 0 saturated carbocycles. The minimum Gasteiger partial charge on any atom is -0.306 e. The lowest BCUT2D eigenvalue weighted by molar-refractivity contribution is 0.540. The van der Waals surface area contributed by atoms with E-state index in [4.69, 9.17) is 0 Å². The van der Waals surface area contributed by atoms with Crippen molar-refractivity contribution in [2.24, 2.45) is 0 Å². The Morgan fingerprint density at radius 3 is 2.72 bits per heavy atom. The van der Waals surface area contributed by atoms with Crippen LogP contribution in [0.4, 0.5) is 8.78 Å². The van der Waals surface area contributed by atoms with Gasteiger partial charge in [-0.3, -0.25) is 4.98 Å². The largest absolute Gasteiger partial charge is 0.306 e. The minimum atomic E-state index is -0.572. The maximum Gasteiger partial charge on any atom is 0.131 e. The van der Waals surface area contributed by atoms with E-state index in [9.17, 15) is 8.78 Å².